The van der Waals surface area contributed by atoms with E-state index in [-0.39, 0.29) is 23.7 Å². The first-order chi connectivity index (χ1) is 10.4. The summed E-state index contributed by atoms with van der Waals surface area (Å²) in [6, 6.07) is 4.68. The van der Waals surface area contributed by atoms with Crippen LogP contribution >= 0.6 is 0 Å². The highest BCUT2D eigenvalue weighted by atomic mass is 19.1. The summed E-state index contributed by atoms with van der Waals surface area (Å²) >= 11 is 0. The van der Waals surface area contributed by atoms with Gasteiger partial charge in [-0.1, -0.05) is 32.0 Å². The van der Waals surface area contributed by atoms with Gasteiger partial charge in [0.2, 0.25) is 0 Å². The molecule has 2 rings (SSSR count). The minimum Gasteiger partial charge on any atom is -0.462 e. The Kier molecular flexibility index (Phi) is 4.80. The second-order valence-corrected chi connectivity index (χ2v) is 5.58. The predicted molar refractivity (Wildman–Crippen MR) is 79.3 cm³/mol. The first-order valence-electron chi connectivity index (χ1n) is 7.10. The fourth-order valence-corrected chi connectivity index (χ4v) is 2.23. The van der Waals surface area contributed by atoms with Crippen LogP contribution in [0.5, 0.6) is 0 Å². The van der Waals surface area contributed by atoms with Crippen molar-refractivity contribution in [3.05, 3.63) is 46.9 Å². The Bertz CT molecular complexity index is 626. The minimum absolute atomic E-state index is 0.183. The summed E-state index contributed by atoms with van der Waals surface area (Å²) in [5.74, 6) is -0.869. The number of carbonyl (C=O) groups excluding carboxylic acids is 2. The van der Waals surface area contributed by atoms with E-state index in [1.165, 1.54) is 12.1 Å². The van der Waals surface area contributed by atoms with E-state index in [1.807, 2.05) is 13.8 Å². The van der Waals surface area contributed by atoms with Crippen molar-refractivity contribution in [2.75, 3.05) is 6.61 Å². The molecule has 118 valence electrons. The lowest BCUT2D eigenvalue weighted by atomic mass is 9.95. The van der Waals surface area contributed by atoms with Crippen LogP contribution in [0.15, 0.2) is 35.5 Å². The van der Waals surface area contributed by atoms with Crippen LogP contribution in [0.3, 0.4) is 0 Å². The number of amides is 2. The number of hydrogen-bond donors (Lipinski definition) is 2. The van der Waals surface area contributed by atoms with Gasteiger partial charge in [-0.25, -0.2) is 14.0 Å². The third kappa shape index (κ3) is 3.44. The van der Waals surface area contributed by atoms with E-state index < -0.39 is 23.9 Å². The van der Waals surface area contributed by atoms with Crippen LogP contribution in [-0.2, 0) is 9.53 Å². The van der Waals surface area contributed by atoms with Crippen molar-refractivity contribution in [1.29, 1.82) is 0 Å². The number of nitrogens with one attached hydrogen (secondary N) is 2. The predicted octanol–water partition coefficient (Wildman–Crippen LogP) is 2.65. The highest BCUT2D eigenvalue weighted by Crippen LogP contribution is 2.29. The zero-order chi connectivity index (χ0) is 16.3. The summed E-state index contributed by atoms with van der Waals surface area (Å²) < 4.78 is 19.3. The van der Waals surface area contributed by atoms with E-state index >= 15 is 0 Å². The number of benzene rings is 1. The van der Waals surface area contributed by atoms with Crippen LogP contribution in [0.25, 0.3) is 0 Å². The third-order valence-electron chi connectivity index (χ3n) is 3.25. The van der Waals surface area contributed by atoms with Gasteiger partial charge >= 0.3 is 12.0 Å². The summed E-state index contributed by atoms with van der Waals surface area (Å²) in [5, 5.41) is 5.10. The van der Waals surface area contributed by atoms with E-state index in [2.05, 4.69) is 10.6 Å². The normalized spacial score (nSPS) is 18.0. The molecule has 0 bridgehead atoms. The maximum Gasteiger partial charge on any atom is 0.338 e. The molecule has 2 amide bonds. The molecule has 1 atom stereocenters. The maximum absolute atomic E-state index is 14.0. The van der Waals surface area contributed by atoms with Gasteiger partial charge in [0.1, 0.15) is 5.82 Å². The van der Waals surface area contributed by atoms with E-state index in [0.717, 1.165) is 0 Å². The van der Waals surface area contributed by atoms with Crippen LogP contribution < -0.4 is 10.6 Å². The van der Waals surface area contributed by atoms with Crippen molar-refractivity contribution in [2.45, 2.75) is 26.8 Å². The lowest BCUT2D eigenvalue weighted by Gasteiger charge is -2.28. The van der Waals surface area contributed by atoms with E-state index in [4.69, 9.17) is 4.74 Å². The second-order valence-electron chi connectivity index (χ2n) is 5.58. The lowest BCUT2D eigenvalue weighted by Crippen LogP contribution is -2.45. The van der Waals surface area contributed by atoms with E-state index in [0.29, 0.717) is 5.70 Å². The third-order valence-corrected chi connectivity index (χ3v) is 3.25. The molecule has 0 spiro atoms. The molecule has 0 unspecified atom stereocenters. The molecule has 1 aliphatic rings. The van der Waals surface area contributed by atoms with Crippen LogP contribution in [0.4, 0.5) is 9.18 Å². The molecule has 2 N–H and O–H groups in total. The molecule has 5 nitrogen and oxygen atoms in total. The van der Waals surface area contributed by atoms with Gasteiger partial charge in [0.05, 0.1) is 18.2 Å². The zero-order valence-corrected chi connectivity index (χ0v) is 12.8. The number of rotatable bonds is 4. The van der Waals surface area contributed by atoms with Crippen molar-refractivity contribution in [3.8, 4) is 0 Å². The highest BCUT2D eigenvalue weighted by Gasteiger charge is 2.33. The summed E-state index contributed by atoms with van der Waals surface area (Å²) in [6.45, 7) is 5.69. The monoisotopic (exact) mass is 306 g/mol. The van der Waals surface area contributed by atoms with Crippen molar-refractivity contribution in [2.24, 2.45) is 5.92 Å². The average molecular weight is 306 g/mol. The maximum atomic E-state index is 14.0. The van der Waals surface area contributed by atoms with Gasteiger partial charge in [0.25, 0.3) is 0 Å². The molecule has 1 aromatic carbocycles. The number of ether oxygens (including phenoxy) is 1. The molecular weight excluding hydrogens is 287 g/mol. The molecule has 1 heterocycles. The van der Waals surface area contributed by atoms with E-state index in [9.17, 15) is 14.0 Å². The number of carbonyl (C=O) groups is 2. The first kappa shape index (κ1) is 16.0. The molecule has 0 saturated heterocycles. The smallest absolute Gasteiger partial charge is 0.338 e. The summed E-state index contributed by atoms with van der Waals surface area (Å²) in [5.41, 5.74) is 0.810. The number of allylic oxidation sites excluding steroid dienone is 1. The lowest BCUT2D eigenvalue weighted by molar-refractivity contribution is -0.140. The van der Waals surface area contributed by atoms with Crippen LogP contribution in [0.2, 0.25) is 0 Å². The summed E-state index contributed by atoms with van der Waals surface area (Å²) in [7, 11) is 0. The quantitative estimate of drug-likeness (QED) is 0.840. The number of esters is 1. The highest BCUT2D eigenvalue weighted by molar-refractivity contribution is 5.95. The topological polar surface area (TPSA) is 67.4 Å². The van der Waals surface area contributed by atoms with Crippen LogP contribution in [0.1, 0.15) is 32.4 Å². The first-order valence-corrected chi connectivity index (χ1v) is 7.10. The Labute approximate surface area is 128 Å². The molecule has 0 saturated carbocycles. The van der Waals surface area contributed by atoms with Gasteiger partial charge in [-0.2, -0.15) is 0 Å². The fraction of sp³-hybridized carbons (Fsp3) is 0.375. The molecule has 6 heteroatoms. The largest absolute Gasteiger partial charge is 0.462 e. The number of halogens is 1. The summed E-state index contributed by atoms with van der Waals surface area (Å²) in [6.07, 6.45) is 0. The molecule has 0 fully saturated rings. The SMILES string of the molecule is CC1=C(C(=O)OCC(C)C)[C@@H](c2ccccc2F)NC(=O)N1. The van der Waals surface area contributed by atoms with Gasteiger partial charge < -0.3 is 15.4 Å². The Balaban J connectivity index is 2.37. The van der Waals surface area contributed by atoms with Gasteiger partial charge in [-0.05, 0) is 18.9 Å². The standard InChI is InChI=1S/C16H19FN2O3/c1-9(2)8-22-15(20)13-10(3)18-16(21)19-14(13)11-6-4-5-7-12(11)17/h4-7,9,14H,8H2,1-3H3,(H2,18,19,21)/t14-/m1/s1. The Morgan fingerprint density at radius 2 is 2.05 bits per heavy atom. The Morgan fingerprint density at radius 3 is 2.68 bits per heavy atom. The van der Waals surface area contributed by atoms with Crippen LogP contribution in [-0.4, -0.2) is 18.6 Å². The molecule has 0 radical (unpaired) electrons. The molecule has 0 aromatic heterocycles. The van der Waals surface area contributed by atoms with Gasteiger partial charge in [0, 0.05) is 11.3 Å². The van der Waals surface area contributed by atoms with Gasteiger partial charge in [-0.15, -0.1) is 0 Å². The Morgan fingerprint density at radius 1 is 1.36 bits per heavy atom. The summed E-state index contributed by atoms with van der Waals surface area (Å²) in [4.78, 5) is 24.0. The molecule has 1 aliphatic heterocycles. The van der Waals surface area contributed by atoms with Gasteiger partial charge in [0.15, 0.2) is 0 Å². The van der Waals surface area contributed by atoms with Gasteiger partial charge in [-0.3, -0.25) is 0 Å². The van der Waals surface area contributed by atoms with E-state index in [1.54, 1.807) is 19.1 Å². The number of hydrogen-bond acceptors (Lipinski definition) is 3. The van der Waals surface area contributed by atoms with Crippen LogP contribution in [0, 0.1) is 11.7 Å². The number of urea groups is 1. The van der Waals surface area contributed by atoms with Crippen molar-refractivity contribution in [3.63, 3.8) is 0 Å². The molecule has 22 heavy (non-hydrogen) atoms. The average Bonchev–Trinajstić information content (AvgIpc) is 2.44. The molecular formula is C16H19FN2O3. The minimum atomic E-state index is -0.866. The second kappa shape index (κ2) is 6.60. The zero-order valence-electron chi connectivity index (χ0n) is 12.8. The Hall–Kier alpha value is -2.37. The van der Waals surface area contributed by atoms with Crippen molar-refractivity contribution >= 4 is 12.0 Å². The van der Waals surface area contributed by atoms with Crippen molar-refractivity contribution < 1.29 is 18.7 Å². The molecule has 1 aromatic rings. The van der Waals surface area contributed by atoms with Crippen molar-refractivity contribution in [1.82, 2.24) is 10.6 Å². The molecule has 0 aliphatic carbocycles. The fourth-order valence-electron chi connectivity index (χ4n) is 2.23.